The van der Waals surface area contributed by atoms with Crippen molar-refractivity contribution >= 4 is 0 Å². The zero-order valence-electron chi connectivity index (χ0n) is 15.6. The summed E-state index contributed by atoms with van der Waals surface area (Å²) in [6.45, 7) is 8.38. The van der Waals surface area contributed by atoms with Gasteiger partial charge < -0.3 is 9.84 Å². The van der Waals surface area contributed by atoms with Gasteiger partial charge in [0.25, 0.3) is 0 Å². The predicted octanol–water partition coefficient (Wildman–Crippen LogP) is 1.66. The Labute approximate surface area is 152 Å². The van der Waals surface area contributed by atoms with E-state index in [1.807, 2.05) is 0 Å². The molecule has 5 heteroatoms. The van der Waals surface area contributed by atoms with Crippen LogP contribution in [-0.2, 0) is 6.54 Å². The second-order valence-corrected chi connectivity index (χ2v) is 7.45. The fourth-order valence-electron chi connectivity index (χ4n) is 3.82. The average molecular weight is 348 g/mol. The molecule has 5 nitrogen and oxygen atoms in total. The van der Waals surface area contributed by atoms with Gasteiger partial charge in [0.05, 0.1) is 6.61 Å². The molecule has 0 spiro atoms. The first-order valence-electron chi connectivity index (χ1n) is 9.72. The van der Waals surface area contributed by atoms with E-state index < -0.39 is 0 Å². The molecule has 0 unspecified atom stereocenters. The maximum Gasteiger partial charge on any atom is 0.119 e. The van der Waals surface area contributed by atoms with E-state index >= 15 is 0 Å². The van der Waals surface area contributed by atoms with E-state index in [9.17, 15) is 5.11 Å². The first kappa shape index (κ1) is 18.6. The number of likely N-dealkylation sites (N-methyl/N-ethyl adjacent to an activating group) is 1. The minimum atomic E-state index is 0.229. The SMILES string of the molecule is CN1CCN(Cc2cccc(OCCN3CCCCC3)c2)C[C@@H]1CO. The summed E-state index contributed by atoms with van der Waals surface area (Å²) in [6, 6.07) is 8.73. The van der Waals surface area contributed by atoms with Crippen LogP contribution >= 0.6 is 0 Å². The molecular weight excluding hydrogens is 314 g/mol. The monoisotopic (exact) mass is 347 g/mol. The molecule has 0 aromatic heterocycles. The number of piperazine rings is 1. The number of aliphatic hydroxyl groups is 1. The molecule has 2 fully saturated rings. The van der Waals surface area contributed by atoms with Crippen molar-refractivity contribution in [2.24, 2.45) is 0 Å². The van der Waals surface area contributed by atoms with Crippen molar-refractivity contribution < 1.29 is 9.84 Å². The lowest BCUT2D eigenvalue weighted by Gasteiger charge is -2.38. The maximum atomic E-state index is 9.50. The number of likely N-dealkylation sites (tertiary alicyclic amines) is 1. The third-order valence-corrected chi connectivity index (χ3v) is 5.50. The smallest absolute Gasteiger partial charge is 0.119 e. The van der Waals surface area contributed by atoms with Crippen LogP contribution < -0.4 is 4.74 Å². The van der Waals surface area contributed by atoms with Crippen molar-refractivity contribution in [3.05, 3.63) is 29.8 Å². The van der Waals surface area contributed by atoms with Crippen LogP contribution in [0.15, 0.2) is 24.3 Å². The van der Waals surface area contributed by atoms with Crippen LogP contribution in [0.5, 0.6) is 5.75 Å². The number of piperidine rings is 1. The zero-order valence-corrected chi connectivity index (χ0v) is 15.6. The van der Waals surface area contributed by atoms with Gasteiger partial charge in [0, 0.05) is 38.8 Å². The second kappa shape index (κ2) is 9.53. The molecule has 1 atom stereocenters. The highest BCUT2D eigenvalue weighted by Crippen LogP contribution is 2.17. The Balaban J connectivity index is 1.46. The summed E-state index contributed by atoms with van der Waals surface area (Å²) < 4.78 is 5.99. The Morgan fingerprint density at radius 3 is 2.72 bits per heavy atom. The van der Waals surface area contributed by atoms with Crippen molar-refractivity contribution in [2.45, 2.75) is 31.8 Å². The van der Waals surface area contributed by atoms with E-state index in [0.29, 0.717) is 0 Å². The fraction of sp³-hybridized carbons (Fsp3) is 0.700. The summed E-state index contributed by atoms with van der Waals surface area (Å²) in [5.74, 6) is 0.974. The van der Waals surface area contributed by atoms with E-state index in [0.717, 1.165) is 45.1 Å². The van der Waals surface area contributed by atoms with E-state index in [2.05, 4.69) is 46.0 Å². The van der Waals surface area contributed by atoms with Crippen LogP contribution in [-0.4, -0.2) is 85.4 Å². The van der Waals surface area contributed by atoms with Crippen LogP contribution in [0.2, 0.25) is 0 Å². The van der Waals surface area contributed by atoms with Crippen molar-refractivity contribution in [3.63, 3.8) is 0 Å². The Hall–Kier alpha value is -1.14. The Morgan fingerprint density at radius 2 is 1.92 bits per heavy atom. The maximum absolute atomic E-state index is 9.50. The van der Waals surface area contributed by atoms with Gasteiger partial charge in [0.2, 0.25) is 0 Å². The van der Waals surface area contributed by atoms with Gasteiger partial charge in [-0.3, -0.25) is 14.7 Å². The van der Waals surface area contributed by atoms with Crippen LogP contribution in [0.3, 0.4) is 0 Å². The lowest BCUT2D eigenvalue weighted by molar-refractivity contribution is 0.0539. The Bertz CT molecular complexity index is 519. The molecule has 2 heterocycles. The summed E-state index contributed by atoms with van der Waals surface area (Å²) in [4.78, 5) is 7.18. The normalized spacial score (nSPS) is 23.7. The summed E-state index contributed by atoms with van der Waals surface area (Å²) in [5.41, 5.74) is 1.29. The van der Waals surface area contributed by atoms with E-state index in [1.165, 1.54) is 37.9 Å². The molecule has 140 valence electrons. The van der Waals surface area contributed by atoms with Gasteiger partial charge in [-0.2, -0.15) is 0 Å². The molecule has 0 radical (unpaired) electrons. The number of nitrogens with zero attached hydrogens (tertiary/aromatic N) is 3. The minimum absolute atomic E-state index is 0.229. The third kappa shape index (κ3) is 5.68. The van der Waals surface area contributed by atoms with Gasteiger partial charge in [-0.25, -0.2) is 0 Å². The molecule has 1 aromatic carbocycles. The van der Waals surface area contributed by atoms with Crippen LogP contribution in [0.25, 0.3) is 0 Å². The van der Waals surface area contributed by atoms with Crippen LogP contribution in [0.4, 0.5) is 0 Å². The second-order valence-electron chi connectivity index (χ2n) is 7.45. The highest BCUT2D eigenvalue weighted by atomic mass is 16.5. The fourth-order valence-corrected chi connectivity index (χ4v) is 3.82. The molecule has 25 heavy (non-hydrogen) atoms. The number of benzene rings is 1. The van der Waals surface area contributed by atoms with Gasteiger partial charge in [0.15, 0.2) is 0 Å². The van der Waals surface area contributed by atoms with Crippen molar-refractivity contribution in [2.75, 3.05) is 59.5 Å². The molecular formula is C20H33N3O2. The number of rotatable bonds is 7. The van der Waals surface area contributed by atoms with Crippen molar-refractivity contribution in [3.8, 4) is 5.75 Å². The van der Waals surface area contributed by atoms with Crippen LogP contribution in [0, 0.1) is 0 Å². The lowest BCUT2D eigenvalue weighted by Crippen LogP contribution is -2.52. The van der Waals surface area contributed by atoms with Gasteiger partial charge in [0.1, 0.15) is 12.4 Å². The number of aliphatic hydroxyl groups excluding tert-OH is 1. The van der Waals surface area contributed by atoms with Crippen molar-refractivity contribution in [1.29, 1.82) is 0 Å². The van der Waals surface area contributed by atoms with Gasteiger partial charge >= 0.3 is 0 Å². The van der Waals surface area contributed by atoms with E-state index in [-0.39, 0.29) is 12.6 Å². The Morgan fingerprint density at radius 1 is 1.08 bits per heavy atom. The molecule has 1 N–H and O–H groups in total. The molecule has 1 aromatic rings. The van der Waals surface area contributed by atoms with Crippen LogP contribution in [0.1, 0.15) is 24.8 Å². The highest BCUT2D eigenvalue weighted by Gasteiger charge is 2.23. The standard InChI is InChI=1S/C20H33N3O2/c1-21-10-11-23(16-19(21)17-24)15-18-6-5-7-20(14-18)25-13-12-22-8-3-2-4-9-22/h5-7,14,19,24H,2-4,8-13,15-17H2,1H3/t19-/m1/s1. The number of hydrogen-bond acceptors (Lipinski definition) is 5. The molecule has 2 aliphatic heterocycles. The summed E-state index contributed by atoms with van der Waals surface area (Å²) >= 11 is 0. The largest absolute Gasteiger partial charge is 0.492 e. The summed E-state index contributed by atoms with van der Waals surface area (Å²) in [6.07, 6.45) is 4.04. The Kier molecular flexibility index (Phi) is 7.11. The zero-order chi connectivity index (χ0) is 17.5. The van der Waals surface area contributed by atoms with Gasteiger partial charge in [-0.05, 0) is 50.7 Å². The van der Waals surface area contributed by atoms with E-state index in [4.69, 9.17) is 4.74 Å². The predicted molar refractivity (Wildman–Crippen MR) is 101 cm³/mol. The molecule has 0 aliphatic carbocycles. The lowest BCUT2D eigenvalue weighted by atomic mass is 10.1. The molecule has 0 amide bonds. The average Bonchev–Trinajstić information content (AvgIpc) is 2.64. The van der Waals surface area contributed by atoms with Crippen molar-refractivity contribution in [1.82, 2.24) is 14.7 Å². The minimum Gasteiger partial charge on any atom is -0.492 e. The van der Waals surface area contributed by atoms with E-state index in [1.54, 1.807) is 0 Å². The number of ether oxygens (including phenoxy) is 1. The molecule has 2 aliphatic rings. The number of hydrogen-bond donors (Lipinski definition) is 1. The summed E-state index contributed by atoms with van der Waals surface area (Å²) in [7, 11) is 2.09. The van der Waals surface area contributed by atoms with Gasteiger partial charge in [-0.15, -0.1) is 0 Å². The third-order valence-electron chi connectivity index (χ3n) is 5.50. The van der Waals surface area contributed by atoms with Gasteiger partial charge in [-0.1, -0.05) is 18.6 Å². The highest BCUT2D eigenvalue weighted by molar-refractivity contribution is 5.28. The molecule has 0 bridgehead atoms. The topological polar surface area (TPSA) is 39.2 Å². The first-order valence-corrected chi connectivity index (χ1v) is 9.72. The quantitative estimate of drug-likeness (QED) is 0.812. The molecule has 0 saturated carbocycles. The molecule has 2 saturated heterocycles. The molecule has 3 rings (SSSR count). The summed E-state index contributed by atoms with van der Waals surface area (Å²) in [5, 5.41) is 9.50. The first-order chi connectivity index (χ1) is 12.2.